The minimum atomic E-state index is -9.16. The SMILES string of the molecule is C=CC(=O)OC(COC(=O)C(=C)C)CC(F)(F)C(F)(F)C(F)(F)C(F)(F)C(F)(F)C(F)(F)C(F)(C(F)(F)F)C(F)(F)F. The number of carbonyl (C=O) groups is 2. The third kappa shape index (κ3) is 6.09. The lowest BCUT2D eigenvalue weighted by molar-refractivity contribution is -0.472. The first-order valence-electron chi connectivity index (χ1n) is 9.90. The second-order valence-electron chi connectivity index (χ2n) is 8.08. The quantitative estimate of drug-likeness (QED) is 0.118. The molecule has 1 atom stereocenters. The topological polar surface area (TPSA) is 52.6 Å². The summed E-state index contributed by atoms with van der Waals surface area (Å²) in [5, 5.41) is 0. The fourth-order valence-electron chi connectivity index (χ4n) is 2.61. The van der Waals surface area contributed by atoms with Gasteiger partial charge in [-0.15, -0.1) is 0 Å². The summed E-state index contributed by atoms with van der Waals surface area (Å²) in [5.74, 6) is -54.7. The van der Waals surface area contributed by atoms with Crippen LogP contribution in [0.4, 0.5) is 83.4 Å². The normalized spacial score (nSPS) is 15.6. The van der Waals surface area contributed by atoms with Gasteiger partial charge in [-0.25, -0.2) is 14.0 Å². The highest BCUT2D eigenvalue weighted by atomic mass is 19.4. The van der Waals surface area contributed by atoms with Crippen LogP contribution in [-0.2, 0) is 19.1 Å². The molecule has 246 valence electrons. The van der Waals surface area contributed by atoms with Crippen molar-refractivity contribution in [3.8, 4) is 0 Å². The molecule has 0 fully saturated rings. The molecule has 0 aromatic rings. The molecule has 0 saturated heterocycles. The number of carbonyl (C=O) groups excluding carboxylic acids is 2. The number of alkyl halides is 19. The maximum atomic E-state index is 14.2. The van der Waals surface area contributed by atoms with Crippen LogP contribution in [0.1, 0.15) is 13.3 Å². The van der Waals surface area contributed by atoms with E-state index < -0.39 is 90.2 Å². The third-order valence-electron chi connectivity index (χ3n) is 4.93. The maximum Gasteiger partial charge on any atom is 0.438 e. The highest BCUT2D eigenvalue weighted by molar-refractivity contribution is 5.87. The van der Waals surface area contributed by atoms with Crippen LogP contribution in [-0.4, -0.2) is 78.2 Å². The van der Waals surface area contributed by atoms with E-state index in [-0.39, 0.29) is 6.08 Å². The van der Waals surface area contributed by atoms with Gasteiger partial charge in [-0.1, -0.05) is 13.2 Å². The Kier molecular flexibility index (Phi) is 10.5. The first-order chi connectivity index (χ1) is 18.2. The number of ether oxygens (including phenoxy) is 2. The molecule has 0 radical (unpaired) electrons. The van der Waals surface area contributed by atoms with Gasteiger partial charge < -0.3 is 9.47 Å². The Labute approximate surface area is 220 Å². The Balaban J connectivity index is 6.95. The van der Waals surface area contributed by atoms with E-state index in [1.165, 1.54) is 0 Å². The molecule has 0 rings (SSSR count). The summed E-state index contributed by atoms with van der Waals surface area (Å²) in [6.07, 6.45) is -23.0. The van der Waals surface area contributed by atoms with Crippen molar-refractivity contribution in [3.05, 3.63) is 24.8 Å². The van der Waals surface area contributed by atoms with Crippen LogP contribution in [0.2, 0.25) is 0 Å². The van der Waals surface area contributed by atoms with E-state index in [9.17, 15) is 93.0 Å². The van der Waals surface area contributed by atoms with Gasteiger partial charge in [-0.05, 0) is 6.92 Å². The van der Waals surface area contributed by atoms with E-state index in [1.807, 2.05) is 0 Å². The Morgan fingerprint density at radius 1 is 0.667 bits per heavy atom. The summed E-state index contributed by atoms with van der Waals surface area (Å²) < 4.78 is 264. The second kappa shape index (κ2) is 11.3. The monoisotopic (exact) mass is 666 g/mol. The number of esters is 2. The van der Waals surface area contributed by atoms with Gasteiger partial charge >= 0.3 is 65.5 Å². The number of hydrogen-bond acceptors (Lipinski definition) is 4. The second-order valence-corrected chi connectivity index (χ2v) is 8.08. The molecule has 0 aliphatic heterocycles. The van der Waals surface area contributed by atoms with Gasteiger partial charge in [0.25, 0.3) is 0 Å². The fourth-order valence-corrected chi connectivity index (χ4v) is 2.61. The van der Waals surface area contributed by atoms with Gasteiger partial charge in [0.15, 0.2) is 0 Å². The lowest BCUT2D eigenvalue weighted by Crippen LogP contribution is -2.77. The maximum absolute atomic E-state index is 14.2. The molecule has 0 aromatic heterocycles. The zero-order valence-electron chi connectivity index (χ0n) is 19.8. The van der Waals surface area contributed by atoms with E-state index >= 15 is 0 Å². The first kappa shape index (κ1) is 39.1. The van der Waals surface area contributed by atoms with Crippen molar-refractivity contribution >= 4 is 11.9 Å². The third-order valence-corrected chi connectivity index (χ3v) is 4.93. The predicted molar refractivity (Wildman–Crippen MR) is 96.1 cm³/mol. The number of halogens is 19. The van der Waals surface area contributed by atoms with E-state index in [0.29, 0.717) is 0 Å². The van der Waals surface area contributed by atoms with Crippen LogP contribution in [0.3, 0.4) is 0 Å². The average molecular weight is 666 g/mol. The van der Waals surface area contributed by atoms with Crippen molar-refractivity contribution in [1.82, 2.24) is 0 Å². The van der Waals surface area contributed by atoms with Crippen LogP contribution in [0.15, 0.2) is 24.8 Å². The van der Waals surface area contributed by atoms with E-state index in [0.717, 1.165) is 6.92 Å². The highest BCUT2D eigenvalue weighted by Crippen LogP contribution is 2.66. The Hall–Kier alpha value is -2.91. The molecule has 42 heavy (non-hydrogen) atoms. The summed E-state index contributed by atoms with van der Waals surface area (Å²) >= 11 is 0. The van der Waals surface area contributed by atoms with Crippen LogP contribution in [0.25, 0.3) is 0 Å². The van der Waals surface area contributed by atoms with Crippen LogP contribution in [0, 0.1) is 0 Å². The van der Waals surface area contributed by atoms with Crippen LogP contribution >= 0.6 is 0 Å². The molecule has 0 aliphatic carbocycles. The summed E-state index contributed by atoms with van der Waals surface area (Å²) in [7, 11) is 0. The zero-order valence-corrected chi connectivity index (χ0v) is 19.8. The molecule has 4 nitrogen and oxygen atoms in total. The molecule has 0 N–H and O–H groups in total. The Bertz CT molecular complexity index is 1030. The lowest BCUT2D eigenvalue weighted by Gasteiger charge is -2.45. The molecule has 23 heteroatoms. The smallest absolute Gasteiger partial charge is 0.438 e. The average Bonchev–Trinajstić information content (AvgIpc) is 2.78. The van der Waals surface area contributed by atoms with Gasteiger partial charge in [-0.2, -0.15) is 79.0 Å². The minimum Gasteiger partial charge on any atom is -0.458 e. The molecule has 0 amide bonds. The number of hydrogen-bond donors (Lipinski definition) is 0. The fraction of sp³-hybridized carbons (Fsp3) is 0.684. The van der Waals surface area contributed by atoms with Crippen molar-refractivity contribution in [3.63, 3.8) is 0 Å². The molecule has 0 aromatic carbocycles. The molecule has 0 spiro atoms. The summed E-state index contributed by atoms with van der Waals surface area (Å²) in [6, 6.07) is 0. The molecule has 0 heterocycles. The van der Waals surface area contributed by atoms with Crippen LogP contribution in [0.5, 0.6) is 0 Å². The van der Waals surface area contributed by atoms with Crippen molar-refractivity contribution in [1.29, 1.82) is 0 Å². The predicted octanol–water partition coefficient (Wildman–Crippen LogP) is 7.24. The van der Waals surface area contributed by atoms with Gasteiger partial charge in [0.05, 0.1) is 6.42 Å². The molecule has 1 unspecified atom stereocenters. The zero-order chi connectivity index (χ0) is 34.3. The van der Waals surface area contributed by atoms with Crippen molar-refractivity contribution in [2.24, 2.45) is 0 Å². The largest absolute Gasteiger partial charge is 0.458 e. The van der Waals surface area contributed by atoms with Crippen LogP contribution < -0.4 is 0 Å². The summed E-state index contributed by atoms with van der Waals surface area (Å²) in [4.78, 5) is 22.5. The summed E-state index contributed by atoms with van der Waals surface area (Å²) in [5.41, 5.74) is -9.43. The lowest BCUT2D eigenvalue weighted by atomic mass is 9.83. The van der Waals surface area contributed by atoms with Gasteiger partial charge in [0, 0.05) is 11.6 Å². The molecule has 0 saturated carbocycles. The van der Waals surface area contributed by atoms with Gasteiger partial charge in [0.1, 0.15) is 12.7 Å². The molecular formula is C19H13F19O4. The van der Waals surface area contributed by atoms with Crippen molar-refractivity contribution in [2.75, 3.05) is 6.61 Å². The van der Waals surface area contributed by atoms with Crippen molar-refractivity contribution < 1.29 is 102 Å². The van der Waals surface area contributed by atoms with E-state index in [1.54, 1.807) is 0 Å². The molecule has 0 aliphatic rings. The molecule has 0 bridgehead atoms. The Morgan fingerprint density at radius 2 is 1.02 bits per heavy atom. The molecular weight excluding hydrogens is 653 g/mol. The number of rotatable bonds is 13. The first-order valence-corrected chi connectivity index (χ1v) is 9.90. The van der Waals surface area contributed by atoms with Gasteiger partial charge in [-0.3, -0.25) is 0 Å². The van der Waals surface area contributed by atoms with E-state index in [2.05, 4.69) is 22.6 Å². The van der Waals surface area contributed by atoms with Gasteiger partial charge in [0.2, 0.25) is 0 Å². The Morgan fingerprint density at radius 3 is 1.36 bits per heavy atom. The minimum absolute atomic E-state index is 0.0553. The summed E-state index contributed by atoms with van der Waals surface area (Å²) in [6.45, 7) is 4.61. The van der Waals surface area contributed by atoms with Crippen molar-refractivity contribution in [2.45, 2.75) is 73.0 Å². The van der Waals surface area contributed by atoms with E-state index in [4.69, 9.17) is 0 Å². The highest BCUT2D eigenvalue weighted by Gasteiger charge is 2.98. The standard InChI is InChI=1S/C19H13F19O4/c1-4-9(39)42-8(6-41-10(40)7(2)3)5-11(20,21)13(23,24)15(27,28)17(31,32)16(29,30)14(25,26)12(22,18(33,34)35)19(36,37)38/h4,8H,1-2,5-6H2,3H3.